The second kappa shape index (κ2) is 9.28. The van der Waals surface area contributed by atoms with Crippen LogP contribution < -0.4 is 29.4 Å². The Kier molecular flexibility index (Phi) is 6.01. The van der Waals surface area contributed by atoms with E-state index in [1.54, 1.807) is 36.4 Å². The number of ether oxygens (including phenoxy) is 5. The number of benzene rings is 3. The minimum atomic E-state index is -0.591. The Morgan fingerprint density at radius 1 is 1.11 bits per heavy atom. The number of nitriles is 1. The zero-order valence-electron chi connectivity index (χ0n) is 18.6. The van der Waals surface area contributed by atoms with Crippen LogP contribution in [0.4, 0.5) is 4.39 Å². The lowest BCUT2D eigenvalue weighted by Gasteiger charge is -2.27. The van der Waals surface area contributed by atoms with Crippen LogP contribution in [0, 0.1) is 17.1 Å². The van der Waals surface area contributed by atoms with Gasteiger partial charge in [0.05, 0.1) is 17.5 Å². The van der Waals surface area contributed by atoms with Crippen molar-refractivity contribution >= 4 is 11.6 Å². The van der Waals surface area contributed by atoms with Crippen LogP contribution in [-0.2, 0) is 6.61 Å². The van der Waals surface area contributed by atoms with E-state index in [-0.39, 0.29) is 35.7 Å². The van der Waals surface area contributed by atoms with Gasteiger partial charge in [0.25, 0.3) is 0 Å². The molecule has 0 unspecified atom stereocenters. The van der Waals surface area contributed by atoms with E-state index in [9.17, 15) is 9.65 Å². The molecular weight excluding hydrogens is 475 g/mol. The molecule has 7 nitrogen and oxygen atoms in total. The number of nitrogens with zero attached hydrogens (tertiary/aromatic N) is 1. The van der Waals surface area contributed by atoms with Gasteiger partial charge in [0.2, 0.25) is 12.7 Å². The molecule has 3 aromatic carbocycles. The molecule has 9 heteroatoms. The maximum absolute atomic E-state index is 13.6. The average Bonchev–Trinajstić information content (AvgIpc) is 3.29. The van der Waals surface area contributed by atoms with E-state index >= 15 is 0 Å². The van der Waals surface area contributed by atoms with Crippen LogP contribution in [-0.4, -0.2) is 13.4 Å². The van der Waals surface area contributed by atoms with Crippen molar-refractivity contribution in [1.29, 1.82) is 5.26 Å². The quantitative estimate of drug-likeness (QED) is 0.490. The van der Waals surface area contributed by atoms with Crippen LogP contribution >= 0.6 is 11.6 Å². The molecule has 0 fully saturated rings. The number of allylic oxidation sites excluding steroid dienone is 1. The van der Waals surface area contributed by atoms with Gasteiger partial charge in [0.1, 0.15) is 29.8 Å². The van der Waals surface area contributed by atoms with E-state index in [1.807, 2.05) is 6.92 Å². The Morgan fingerprint density at radius 3 is 2.66 bits per heavy atom. The highest BCUT2D eigenvalue weighted by Gasteiger charge is 2.34. The number of nitrogens with two attached hydrogens (primary N) is 1. The zero-order valence-corrected chi connectivity index (χ0v) is 19.4. The van der Waals surface area contributed by atoms with Crippen molar-refractivity contribution in [3.63, 3.8) is 0 Å². The largest absolute Gasteiger partial charge is 0.490 e. The SMILES string of the molecule is CCOc1cc([C@H]2C(C#N)=C(N)Oc3cc4c(cc32)OCO4)cc(Cl)c1OCc1cccc(F)c1. The minimum Gasteiger partial charge on any atom is -0.490 e. The first-order chi connectivity index (χ1) is 17.0. The lowest BCUT2D eigenvalue weighted by Crippen LogP contribution is -2.21. The molecule has 0 saturated carbocycles. The molecule has 1 atom stereocenters. The number of halogens is 2. The van der Waals surface area contributed by atoms with Crippen LogP contribution in [0.1, 0.15) is 29.5 Å². The molecule has 2 aliphatic rings. The van der Waals surface area contributed by atoms with Gasteiger partial charge >= 0.3 is 0 Å². The number of fused-ring (bicyclic) bond motifs is 2. The van der Waals surface area contributed by atoms with Gasteiger partial charge in [0, 0.05) is 11.6 Å². The Balaban J connectivity index is 1.57. The summed E-state index contributed by atoms with van der Waals surface area (Å²) in [5.74, 6) is 1.27. The number of hydrogen-bond acceptors (Lipinski definition) is 7. The lowest BCUT2D eigenvalue weighted by atomic mass is 9.83. The topological polar surface area (TPSA) is 96.0 Å². The predicted octanol–water partition coefficient (Wildman–Crippen LogP) is 5.40. The summed E-state index contributed by atoms with van der Waals surface area (Å²) in [5.41, 5.74) is 8.30. The fraction of sp³-hybridized carbons (Fsp3) is 0.192. The van der Waals surface area contributed by atoms with E-state index in [0.717, 1.165) is 0 Å². The van der Waals surface area contributed by atoms with Crippen molar-refractivity contribution in [3.8, 4) is 34.8 Å². The van der Waals surface area contributed by atoms with Gasteiger partial charge in [-0.3, -0.25) is 0 Å². The first-order valence-electron chi connectivity index (χ1n) is 10.8. The molecule has 2 aliphatic heterocycles. The van der Waals surface area contributed by atoms with Gasteiger partial charge in [-0.25, -0.2) is 4.39 Å². The van der Waals surface area contributed by atoms with Crippen LogP contribution in [0.5, 0.6) is 28.7 Å². The van der Waals surface area contributed by atoms with Crippen molar-refractivity contribution in [3.05, 3.63) is 87.5 Å². The summed E-state index contributed by atoms with van der Waals surface area (Å²) in [6.45, 7) is 2.37. The van der Waals surface area contributed by atoms with Gasteiger partial charge in [0.15, 0.2) is 23.0 Å². The second-order valence-corrected chi connectivity index (χ2v) is 8.26. The second-order valence-electron chi connectivity index (χ2n) is 7.85. The summed E-state index contributed by atoms with van der Waals surface area (Å²) >= 11 is 6.65. The normalized spacial score (nSPS) is 15.8. The van der Waals surface area contributed by atoms with Crippen molar-refractivity contribution in [1.82, 2.24) is 0 Å². The van der Waals surface area contributed by atoms with Crippen LogP contribution in [0.25, 0.3) is 0 Å². The highest BCUT2D eigenvalue weighted by Crippen LogP contribution is 2.50. The van der Waals surface area contributed by atoms with Crippen LogP contribution in [0.15, 0.2) is 60.0 Å². The summed E-state index contributed by atoms with van der Waals surface area (Å²) in [6, 6.07) is 15.2. The van der Waals surface area contributed by atoms with Crippen molar-refractivity contribution in [2.45, 2.75) is 19.4 Å². The third-order valence-electron chi connectivity index (χ3n) is 5.65. The summed E-state index contributed by atoms with van der Waals surface area (Å²) in [7, 11) is 0. The molecular formula is C26H20ClFN2O5. The Labute approximate surface area is 206 Å². The first kappa shape index (κ1) is 22.7. The van der Waals surface area contributed by atoms with Gasteiger partial charge < -0.3 is 29.4 Å². The highest BCUT2D eigenvalue weighted by atomic mass is 35.5. The molecule has 35 heavy (non-hydrogen) atoms. The Hall–Kier alpha value is -4.09. The Morgan fingerprint density at radius 2 is 1.91 bits per heavy atom. The van der Waals surface area contributed by atoms with Crippen molar-refractivity contribution in [2.75, 3.05) is 13.4 Å². The fourth-order valence-electron chi connectivity index (χ4n) is 4.13. The third-order valence-corrected chi connectivity index (χ3v) is 5.93. The molecule has 0 aliphatic carbocycles. The summed E-state index contributed by atoms with van der Waals surface area (Å²) in [6.07, 6.45) is 0. The van der Waals surface area contributed by atoms with Gasteiger partial charge in [-0.05, 0) is 48.4 Å². The average molecular weight is 495 g/mol. The van der Waals surface area contributed by atoms with E-state index < -0.39 is 5.92 Å². The maximum Gasteiger partial charge on any atom is 0.231 e. The molecule has 5 rings (SSSR count). The van der Waals surface area contributed by atoms with E-state index in [1.165, 1.54) is 12.1 Å². The van der Waals surface area contributed by atoms with Crippen molar-refractivity contribution in [2.24, 2.45) is 5.73 Å². The van der Waals surface area contributed by atoms with Gasteiger partial charge in [-0.2, -0.15) is 5.26 Å². The highest BCUT2D eigenvalue weighted by molar-refractivity contribution is 6.32. The number of rotatable bonds is 6. The molecule has 0 spiro atoms. The van der Waals surface area contributed by atoms with Crippen LogP contribution in [0.2, 0.25) is 5.02 Å². The molecule has 0 radical (unpaired) electrons. The molecule has 178 valence electrons. The molecule has 0 amide bonds. The molecule has 0 saturated heterocycles. The Bertz CT molecular complexity index is 1380. The van der Waals surface area contributed by atoms with Crippen molar-refractivity contribution < 1.29 is 28.1 Å². The molecule has 2 N–H and O–H groups in total. The zero-order chi connectivity index (χ0) is 24.5. The summed E-state index contributed by atoms with van der Waals surface area (Å²) < 4.78 is 42.0. The fourth-order valence-corrected chi connectivity index (χ4v) is 4.40. The molecule has 0 aromatic heterocycles. The van der Waals surface area contributed by atoms with E-state index in [0.29, 0.717) is 52.0 Å². The van der Waals surface area contributed by atoms with E-state index in [2.05, 4.69) is 6.07 Å². The first-order valence-corrected chi connectivity index (χ1v) is 11.2. The standard InChI is InChI=1S/C26H20ClFN2O5/c1-2-31-23-8-15(7-19(27)25(23)32-12-14-4-3-5-16(28)6-14)24-17-9-21-22(34-13-33-21)10-20(17)35-26(30)18(24)11-29/h3-10,24H,2,12-13,30H2,1H3/t24-/m1/s1. The van der Waals surface area contributed by atoms with Crippen LogP contribution in [0.3, 0.4) is 0 Å². The number of hydrogen-bond donors (Lipinski definition) is 1. The third kappa shape index (κ3) is 4.27. The lowest BCUT2D eigenvalue weighted by molar-refractivity contribution is 0.174. The summed E-state index contributed by atoms with van der Waals surface area (Å²) in [4.78, 5) is 0. The van der Waals surface area contributed by atoms with E-state index in [4.69, 9.17) is 41.0 Å². The van der Waals surface area contributed by atoms with Gasteiger partial charge in [-0.15, -0.1) is 0 Å². The molecule has 3 aromatic rings. The molecule has 2 heterocycles. The smallest absolute Gasteiger partial charge is 0.231 e. The molecule has 0 bridgehead atoms. The maximum atomic E-state index is 13.6. The summed E-state index contributed by atoms with van der Waals surface area (Å²) in [5, 5.41) is 10.2. The minimum absolute atomic E-state index is 0.00983. The monoisotopic (exact) mass is 494 g/mol. The van der Waals surface area contributed by atoms with Gasteiger partial charge in [-0.1, -0.05) is 23.7 Å². The predicted molar refractivity (Wildman–Crippen MR) is 125 cm³/mol.